The normalized spacial score (nSPS) is 18.9. The molecule has 0 unspecified atom stereocenters. The summed E-state index contributed by atoms with van der Waals surface area (Å²) in [7, 11) is 1.87. The van der Waals surface area contributed by atoms with Gasteiger partial charge in [-0.1, -0.05) is 6.42 Å². The van der Waals surface area contributed by atoms with Crippen molar-refractivity contribution in [1.82, 2.24) is 9.78 Å². The maximum Gasteiger partial charge on any atom is 0.304 e. The molecular weight excluding hydrogens is 180 g/mol. The Balaban J connectivity index is 2.29. The second-order valence-electron chi connectivity index (χ2n) is 4.04. The van der Waals surface area contributed by atoms with E-state index in [1.165, 1.54) is 0 Å². The molecule has 0 amide bonds. The van der Waals surface area contributed by atoms with E-state index in [-0.39, 0.29) is 11.8 Å². The maximum absolute atomic E-state index is 10.8. The van der Waals surface area contributed by atoms with Gasteiger partial charge in [0.2, 0.25) is 0 Å². The summed E-state index contributed by atoms with van der Waals surface area (Å²) in [6.45, 7) is 0. The zero-order valence-electron chi connectivity index (χ0n) is 8.23. The van der Waals surface area contributed by atoms with Gasteiger partial charge in [-0.25, -0.2) is 0 Å². The Hall–Kier alpha value is -1.32. The molecule has 0 spiro atoms. The first kappa shape index (κ1) is 9.24. The topological polar surface area (TPSA) is 55.1 Å². The van der Waals surface area contributed by atoms with Crippen molar-refractivity contribution >= 4 is 5.97 Å². The number of rotatable bonds is 3. The van der Waals surface area contributed by atoms with E-state index >= 15 is 0 Å². The first-order valence-electron chi connectivity index (χ1n) is 4.84. The second-order valence-corrected chi connectivity index (χ2v) is 4.04. The van der Waals surface area contributed by atoms with E-state index in [0.29, 0.717) is 0 Å². The fourth-order valence-electron chi connectivity index (χ4n) is 2.31. The predicted molar refractivity (Wildman–Crippen MR) is 51.0 cm³/mol. The zero-order valence-corrected chi connectivity index (χ0v) is 8.23. The highest BCUT2D eigenvalue weighted by molar-refractivity contribution is 5.69. The quantitative estimate of drug-likeness (QED) is 0.789. The summed E-state index contributed by atoms with van der Waals surface area (Å²) in [5, 5.41) is 13.0. The van der Waals surface area contributed by atoms with Crippen molar-refractivity contribution < 1.29 is 9.90 Å². The van der Waals surface area contributed by atoms with Crippen LogP contribution in [0, 0.1) is 0 Å². The van der Waals surface area contributed by atoms with Gasteiger partial charge >= 0.3 is 5.97 Å². The number of hydrogen-bond donors (Lipinski definition) is 1. The van der Waals surface area contributed by atoms with Gasteiger partial charge < -0.3 is 5.11 Å². The van der Waals surface area contributed by atoms with E-state index < -0.39 is 5.97 Å². The average molecular weight is 194 g/mol. The summed E-state index contributed by atoms with van der Waals surface area (Å²) in [6.07, 6.45) is 5.03. The van der Waals surface area contributed by atoms with Crippen LogP contribution in [0.4, 0.5) is 0 Å². The van der Waals surface area contributed by atoms with E-state index in [9.17, 15) is 4.79 Å². The van der Waals surface area contributed by atoms with Crippen molar-refractivity contribution in [3.63, 3.8) is 0 Å². The van der Waals surface area contributed by atoms with Crippen molar-refractivity contribution in [3.05, 3.63) is 18.0 Å². The lowest BCUT2D eigenvalue weighted by molar-refractivity contribution is -0.139. The van der Waals surface area contributed by atoms with Crippen LogP contribution in [0.15, 0.2) is 12.3 Å². The molecule has 1 fully saturated rings. The van der Waals surface area contributed by atoms with Crippen LogP contribution < -0.4 is 0 Å². The minimum atomic E-state index is -0.717. The van der Waals surface area contributed by atoms with Crippen molar-refractivity contribution in [2.24, 2.45) is 7.05 Å². The van der Waals surface area contributed by atoms with E-state index in [0.717, 1.165) is 25.0 Å². The first-order chi connectivity index (χ1) is 6.64. The van der Waals surface area contributed by atoms with Gasteiger partial charge in [-0.15, -0.1) is 0 Å². The molecule has 1 aromatic heterocycles. The van der Waals surface area contributed by atoms with Gasteiger partial charge in [0.1, 0.15) is 0 Å². The van der Waals surface area contributed by atoms with Gasteiger partial charge in [0, 0.05) is 24.4 Å². The summed E-state index contributed by atoms with van der Waals surface area (Å²) in [4.78, 5) is 10.8. The number of aromatic nitrogens is 2. The number of aryl methyl sites for hydroxylation is 1. The van der Waals surface area contributed by atoms with Crippen molar-refractivity contribution in [2.45, 2.75) is 31.1 Å². The molecule has 1 saturated carbocycles. The lowest BCUT2D eigenvalue weighted by atomic mass is 9.64. The van der Waals surface area contributed by atoms with Crippen LogP contribution in [0.5, 0.6) is 0 Å². The van der Waals surface area contributed by atoms with Gasteiger partial charge in [-0.3, -0.25) is 9.48 Å². The van der Waals surface area contributed by atoms with Crippen LogP contribution >= 0.6 is 0 Å². The average Bonchev–Trinajstić information content (AvgIpc) is 2.44. The highest BCUT2D eigenvalue weighted by Gasteiger charge is 2.42. The molecule has 0 radical (unpaired) electrons. The zero-order chi connectivity index (χ0) is 10.2. The highest BCUT2D eigenvalue weighted by atomic mass is 16.4. The standard InChI is InChI=1S/C10H14N2O2/c1-12-8(3-6-11-12)10(4-2-5-10)7-9(13)14/h3,6H,2,4-5,7H2,1H3,(H,13,14). The van der Waals surface area contributed by atoms with Gasteiger partial charge in [0.15, 0.2) is 0 Å². The molecule has 0 aliphatic heterocycles. The van der Waals surface area contributed by atoms with Gasteiger partial charge in [0.25, 0.3) is 0 Å². The van der Waals surface area contributed by atoms with Crippen LogP contribution in [-0.4, -0.2) is 20.9 Å². The number of nitrogens with zero attached hydrogens (tertiary/aromatic N) is 2. The predicted octanol–water partition coefficient (Wildman–Crippen LogP) is 1.32. The van der Waals surface area contributed by atoms with E-state index in [4.69, 9.17) is 5.11 Å². The molecule has 0 saturated heterocycles. The van der Waals surface area contributed by atoms with Crippen molar-refractivity contribution in [3.8, 4) is 0 Å². The smallest absolute Gasteiger partial charge is 0.304 e. The van der Waals surface area contributed by atoms with Crippen molar-refractivity contribution in [1.29, 1.82) is 0 Å². The third kappa shape index (κ3) is 1.31. The lowest BCUT2D eigenvalue weighted by Gasteiger charge is -2.40. The fraction of sp³-hybridized carbons (Fsp3) is 0.600. The number of carbonyl (C=O) groups is 1. The molecular formula is C10H14N2O2. The van der Waals surface area contributed by atoms with Crippen LogP contribution in [0.2, 0.25) is 0 Å². The monoisotopic (exact) mass is 194 g/mol. The Morgan fingerprint density at radius 3 is 2.79 bits per heavy atom. The Bertz CT molecular complexity index is 353. The Morgan fingerprint density at radius 1 is 1.71 bits per heavy atom. The Labute approximate surface area is 82.5 Å². The second kappa shape index (κ2) is 3.12. The molecule has 1 N–H and O–H groups in total. The summed E-state index contributed by atoms with van der Waals surface area (Å²) >= 11 is 0. The first-order valence-corrected chi connectivity index (χ1v) is 4.84. The van der Waals surface area contributed by atoms with Crippen molar-refractivity contribution in [2.75, 3.05) is 0 Å². The van der Waals surface area contributed by atoms with E-state index in [2.05, 4.69) is 5.10 Å². The number of carboxylic acids is 1. The van der Waals surface area contributed by atoms with Gasteiger partial charge in [-0.2, -0.15) is 5.10 Å². The third-order valence-electron chi connectivity index (χ3n) is 3.16. The summed E-state index contributed by atoms with van der Waals surface area (Å²) < 4.78 is 1.79. The summed E-state index contributed by atoms with van der Waals surface area (Å²) in [6, 6.07) is 1.93. The molecule has 1 aliphatic rings. The molecule has 4 nitrogen and oxygen atoms in total. The molecule has 1 heterocycles. The number of carboxylic acid groups (broad SMARTS) is 1. The van der Waals surface area contributed by atoms with Gasteiger partial charge in [-0.05, 0) is 18.9 Å². The van der Waals surface area contributed by atoms with Crippen LogP contribution in [0.3, 0.4) is 0 Å². The molecule has 4 heteroatoms. The van der Waals surface area contributed by atoms with Gasteiger partial charge in [0.05, 0.1) is 6.42 Å². The Kier molecular flexibility index (Phi) is 2.06. The molecule has 76 valence electrons. The van der Waals surface area contributed by atoms with Crippen LogP contribution in [-0.2, 0) is 17.3 Å². The minimum Gasteiger partial charge on any atom is -0.481 e. The number of hydrogen-bond acceptors (Lipinski definition) is 2. The molecule has 0 bridgehead atoms. The largest absolute Gasteiger partial charge is 0.481 e. The fourth-order valence-corrected chi connectivity index (χ4v) is 2.31. The minimum absolute atomic E-state index is 0.142. The maximum atomic E-state index is 10.8. The third-order valence-corrected chi connectivity index (χ3v) is 3.16. The van der Waals surface area contributed by atoms with E-state index in [1.54, 1.807) is 10.9 Å². The molecule has 14 heavy (non-hydrogen) atoms. The Morgan fingerprint density at radius 2 is 2.43 bits per heavy atom. The molecule has 2 rings (SSSR count). The number of aliphatic carboxylic acids is 1. The summed E-state index contributed by atoms with van der Waals surface area (Å²) in [5.41, 5.74) is 0.919. The van der Waals surface area contributed by atoms with E-state index in [1.807, 2.05) is 13.1 Å². The summed E-state index contributed by atoms with van der Waals surface area (Å²) in [5.74, 6) is -0.717. The molecule has 1 aliphatic carbocycles. The molecule has 0 atom stereocenters. The SMILES string of the molecule is Cn1nccc1C1(CC(=O)O)CCC1. The highest BCUT2D eigenvalue weighted by Crippen LogP contribution is 2.46. The van der Waals surface area contributed by atoms with Crippen LogP contribution in [0.1, 0.15) is 31.4 Å². The molecule has 0 aromatic carbocycles. The molecule has 1 aromatic rings. The van der Waals surface area contributed by atoms with Crippen LogP contribution in [0.25, 0.3) is 0 Å². The lowest BCUT2D eigenvalue weighted by Crippen LogP contribution is -2.38.